The molecule has 0 bridgehead atoms. The molecule has 1 aliphatic carbocycles. The summed E-state index contributed by atoms with van der Waals surface area (Å²) in [5.41, 5.74) is 12.7. The first-order valence-corrected chi connectivity index (χ1v) is 18.3. The molecular formula is C43H50N4O3. The van der Waals surface area contributed by atoms with Crippen LogP contribution in [0.4, 0.5) is 0 Å². The highest BCUT2D eigenvalue weighted by Crippen LogP contribution is 2.56. The third-order valence-electron chi connectivity index (χ3n) is 11.0. The number of rotatable bonds is 14. The topological polar surface area (TPSA) is 103 Å². The van der Waals surface area contributed by atoms with Gasteiger partial charge in [0.1, 0.15) is 0 Å². The van der Waals surface area contributed by atoms with E-state index >= 15 is 0 Å². The molecule has 0 saturated heterocycles. The Kier molecular flexibility index (Phi) is 10.4. The molecule has 3 N–H and O–H groups in total. The molecular weight excluding hydrogens is 620 g/mol. The van der Waals surface area contributed by atoms with Crippen LogP contribution in [0.5, 0.6) is 0 Å². The third kappa shape index (κ3) is 6.19. The second-order valence-electron chi connectivity index (χ2n) is 14.0. The predicted octanol–water partition coefficient (Wildman–Crippen LogP) is 11.6. The van der Waals surface area contributed by atoms with Crippen LogP contribution in [0.3, 0.4) is 0 Å². The van der Waals surface area contributed by atoms with Crippen LogP contribution in [0.15, 0.2) is 88.3 Å². The van der Waals surface area contributed by atoms with Gasteiger partial charge < -0.3 is 20.2 Å². The molecule has 7 heteroatoms. The van der Waals surface area contributed by atoms with Crippen LogP contribution in [0.2, 0.25) is 0 Å². The van der Waals surface area contributed by atoms with E-state index < -0.39 is 0 Å². The van der Waals surface area contributed by atoms with Gasteiger partial charge >= 0.3 is 0 Å². The fourth-order valence-corrected chi connectivity index (χ4v) is 8.13. The van der Waals surface area contributed by atoms with Crippen LogP contribution in [0.25, 0.3) is 38.6 Å². The van der Waals surface area contributed by atoms with Crippen LogP contribution in [-0.4, -0.2) is 37.3 Å². The van der Waals surface area contributed by atoms with Crippen molar-refractivity contribution in [3.8, 4) is 16.8 Å². The second kappa shape index (κ2) is 14.9. The molecule has 1 heterocycles. The van der Waals surface area contributed by atoms with Crippen LogP contribution in [0.1, 0.15) is 127 Å². The zero-order valence-electron chi connectivity index (χ0n) is 30.1. The molecule has 0 atom stereocenters. The summed E-state index contributed by atoms with van der Waals surface area (Å²) < 4.78 is 2.34. The maximum absolute atomic E-state index is 9.76. The normalized spacial score (nSPS) is 14.5. The van der Waals surface area contributed by atoms with Gasteiger partial charge in [-0.1, -0.05) is 111 Å². The van der Waals surface area contributed by atoms with E-state index in [1.807, 2.05) is 32.0 Å². The maximum atomic E-state index is 9.76. The minimum absolute atomic E-state index is 0.169. The van der Waals surface area contributed by atoms with Crippen LogP contribution < -0.4 is 0 Å². The van der Waals surface area contributed by atoms with Gasteiger partial charge in [-0.15, -0.1) is 0 Å². The van der Waals surface area contributed by atoms with Crippen LogP contribution in [0, 0.1) is 0 Å². The summed E-state index contributed by atoms with van der Waals surface area (Å²) in [4.78, 5) is 0. The van der Waals surface area contributed by atoms with Gasteiger partial charge in [0.2, 0.25) is 0 Å². The van der Waals surface area contributed by atoms with Crippen LogP contribution in [-0.2, 0) is 5.41 Å². The molecule has 1 aliphatic rings. The van der Waals surface area contributed by atoms with Crippen molar-refractivity contribution in [3.05, 3.63) is 101 Å². The van der Waals surface area contributed by atoms with Gasteiger partial charge in [0.15, 0.2) is 0 Å². The number of benzene rings is 4. The van der Waals surface area contributed by atoms with E-state index in [2.05, 4.69) is 88.5 Å². The van der Waals surface area contributed by atoms with Crippen molar-refractivity contribution in [2.75, 3.05) is 0 Å². The van der Waals surface area contributed by atoms with E-state index in [1.54, 1.807) is 6.92 Å². The largest absolute Gasteiger partial charge is 0.411 e. The Morgan fingerprint density at radius 1 is 0.540 bits per heavy atom. The van der Waals surface area contributed by atoms with Gasteiger partial charge in [0.05, 0.1) is 28.2 Å². The van der Waals surface area contributed by atoms with Gasteiger partial charge in [-0.25, -0.2) is 0 Å². The van der Waals surface area contributed by atoms with Crippen molar-refractivity contribution in [2.24, 2.45) is 15.5 Å². The highest BCUT2D eigenvalue weighted by atomic mass is 16.4. The van der Waals surface area contributed by atoms with Crippen molar-refractivity contribution in [1.82, 2.24) is 4.57 Å². The van der Waals surface area contributed by atoms with Gasteiger partial charge in [-0.2, -0.15) is 0 Å². The van der Waals surface area contributed by atoms with Gasteiger partial charge in [-0.05, 0) is 115 Å². The fourth-order valence-electron chi connectivity index (χ4n) is 8.13. The highest BCUT2D eigenvalue weighted by molar-refractivity contribution is 6.14. The molecule has 6 rings (SSSR count). The summed E-state index contributed by atoms with van der Waals surface area (Å²) in [5, 5.41) is 41.6. The summed E-state index contributed by atoms with van der Waals surface area (Å²) in [6.07, 6.45) is 11.7. The van der Waals surface area contributed by atoms with Crippen molar-refractivity contribution in [2.45, 2.75) is 104 Å². The molecule has 1 aromatic heterocycles. The van der Waals surface area contributed by atoms with E-state index in [4.69, 9.17) is 0 Å². The van der Waals surface area contributed by atoms with E-state index in [0.717, 1.165) is 69.9 Å². The number of hydrogen-bond donors (Lipinski definition) is 3. The Bertz CT molecular complexity index is 2090. The Morgan fingerprint density at radius 3 is 1.66 bits per heavy atom. The average Bonchev–Trinajstić information content (AvgIpc) is 3.61. The molecule has 0 unspecified atom stereocenters. The Balaban J connectivity index is 1.67. The third-order valence-corrected chi connectivity index (χ3v) is 11.0. The summed E-state index contributed by atoms with van der Waals surface area (Å²) in [6, 6.07) is 25.9. The molecule has 0 amide bonds. The lowest BCUT2D eigenvalue weighted by atomic mass is 9.70. The minimum atomic E-state index is -0.169. The van der Waals surface area contributed by atoms with Crippen LogP contribution >= 0.6 is 0 Å². The molecule has 0 fully saturated rings. The molecule has 260 valence electrons. The first-order valence-electron chi connectivity index (χ1n) is 18.3. The van der Waals surface area contributed by atoms with Crippen molar-refractivity contribution in [1.29, 1.82) is 0 Å². The predicted molar refractivity (Wildman–Crippen MR) is 207 cm³/mol. The molecule has 7 nitrogen and oxygen atoms in total. The second-order valence-corrected chi connectivity index (χ2v) is 14.0. The summed E-state index contributed by atoms with van der Waals surface area (Å²) in [6.45, 7) is 10.0. The lowest BCUT2D eigenvalue weighted by Crippen LogP contribution is -2.26. The number of fused-ring (bicyclic) bond motifs is 6. The summed E-state index contributed by atoms with van der Waals surface area (Å²) in [5.74, 6) is 0. The van der Waals surface area contributed by atoms with Crippen molar-refractivity contribution in [3.63, 3.8) is 0 Å². The van der Waals surface area contributed by atoms with E-state index in [0.29, 0.717) is 17.1 Å². The quantitative estimate of drug-likeness (QED) is 0.0474. The van der Waals surface area contributed by atoms with E-state index in [9.17, 15) is 15.6 Å². The Labute approximate surface area is 295 Å². The number of aromatic nitrogens is 1. The van der Waals surface area contributed by atoms with Gasteiger partial charge in [0.25, 0.3) is 0 Å². The van der Waals surface area contributed by atoms with Crippen molar-refractivity contribution < 1.29 is 15.6 Å². The molecule has 0 radical (unpaired) electrons. The fraction of sp³-hybridized carbons (Fsp3) is 0.372. The molecule has 4 aromatic carbocycles. The van der Waals surface area contributed by atoms with Crippen molar-refractivity contribution >= 4 is 38.9 Å². The molecule has 0 saturated carbocycles. The highest BCUT2D eigenvalue weighted by Gasteiger charge is 2.43. The zero-order valence-corrected chi connectivity index (χ0v) is 30.1. The van der Waals surface area contributed by atoms with E-state index in [1.165, 1.54) is 60.8 Å². The Hall–Kier alpha value is -4.91. The SMILES string of the molecule is CCCCCCC1(CCCCCC)c2cc(/C(C)=N/O)ccc2-c2cc3c4cc(/C(C)=N/O)ccc4n(-c4ccc(/C(C)=N/O)cc4)c3cc21. The Morgan fingerprint density at radius 2 is 1.06 bits per heavy atom. The van der Waals surface area contributed by atoms with Gasteiger partial charge in [-0.3, -0.25) is 0 Å². The summed E-state index contributed by atoms with van der Waals surface area (Å²) >= 11 is 0. The monoisotopic (exact) mass is 670 g/mol. The number of nitrogens with zero attached hydrogens (tertiary/aromatic N) is 4. The standard InChI is InChI=1S/C43H50N4O3/c1-6-8-10-12-22-43(23-13-11-9-7-2)39-25-33(30(5)46-50)16-20-35(39)36-26-38-37-24-32(29(4)45-49)17-21-41(37)47(42(38)27-40(36)43)34-18-14-31(15-19-34)28(3)44-48/h14-21,24-27,48-50H,6-13,22-23H2,1-5H3/b44-28+,45-29+,46-30+. The molecule has 0 aliphatic heterocycles. The first-order chi connectivity index (χ1) is 24.3. The molecule has 50 heavy (non-hydrogen) atoms. The minimum Gasteiger partial charge on any atom is -0.411 e. The maximum Gasteiger partial charge on any atom is 0.0837 e. The number of unbranched alkanes of at least 4 members (excludes halogenated alkanes) is 6. The smallest absolute Gasteiger partial charge is 0.0837 e. The van der Waals surface area contributed by atoms with Gasteiger partial charge in [0, 0.05) is 21.9 Å². The lowest BCUT2D eigenvalue weighted by Gasteiger charge is -2.33. The molecule has 5 aromatic rings. The average molecular weight is 671 g/mol. The zero-order chi connectivity index (χ0) is 35.4. The number of oxime groups is 3. The summed E-state index contributed by atoms with van der Waals surface area (Å²) in [7, 11) is 0. The number of hydrogen-bond acceptors (Lipinski definition) is 6. The first kappa shape index (κ1) is 34.9. The van der Waals surface area contributed by atoms with E-state index in [-0.39, 0.29) is 5.41 Å². The lowest BCUT2D eigenvalue weighted by molar-refractivity contribution is 0.319. The molecule has 0 spiro atoms.